The fourth-order valence-corrected chi connectivity index (χ4v) is 5.31. The van der Waals surface area contributed by atoms with Crippen LogP contribution in [0.1, 0.15) is 38.4 Å². The molecule has 1 aliphatic rings. The van der Waals surface area contributed by atoms with Crippen molar-refractivity contribution in [3.8, 4) is 5.69 Å². The zero-order valence-corrected chi connectivity index (χ0v) is 23.1. The van der Waals surface area contributed by atoms with E-state index in [1.54, 1.807) is 43.4 Å². The molecule has 1 unspecified atom stereocenters. The third kappa shape index (κ3) is 5.64. The second-order valence-corrected chi connectivity index (χ2v) is 10.2. The van der Waals surface area contributed by atoms with E-state index >= 15 is 0 Å². The highest BCUT2D eigenvalue weighted by Crippen LogP contribution is 2.32. The predicted octanol–water partition coefficient (Wildman–Crippen LogP) is 4.76. The molecule has 0 saturated heterocycles. The van der Waals surface area contributed by atoms with E-state index in [1.165, 1.54) is 27.7 Å². The molecule has 1 aliphatic heterocycles. The maximum atomic E-state index is 13.0. The van der Waals surface area contributed by atoms with Crippen molar-refractivity contribution in [2.45, 2.75) is 32.4 Å². The van der Waals surface area contributed by atoms with Gasteiger partial charge in [-0.25, -0.2) is 23.2 Å². The van der Waals surface area contributed by atoms with Crippen LogP contribution in [0.25, 0.3) is 16.6 Å². The van der Waals surface area contributed by atoms with E-state index in [1.807, 2.05) is 29.7 Å². The van der Waals surface area contributed by atoms with Gasteiger partial charge in [0.25, 0.3) is 5.91 Å². The average molecular weight is 576 g/mol. The van der Waals surface area contributed by atoms with E-state index in [-0.39, 0.29) is 28.5 Å². The summed E-state index contributed by atoms with van der Waals surface area (Å²) in [7, 11) is 1.55. The first-order valence-corrected chi connectivity index (χ1v) is 13.3. The van der Waals surface area contributed by atoms with Gasteiger partial charge >= 0.3 is 11.7 Å². The van der Waals surface area contributed by atoms with Gasteiger partial charge < -0.3 is 15.0 Å². The third-order valence-electron chi connectivity index (χ3n) is 7.04. The van der Waals surface area contributed by atoms with E-state index in [0.717, 1.165) is 22.2 Å². The van der Waals surface area contributed by atoms with Crippen molar-refractivity contribution in [1.29, 1.82) is 0 Å². The van der Waals surface area contributed by atoms with Gasteiger partial charge in [-0.15, -0.1) is 0 Å². The van der Waals surface area contributed by atoms with Gasteiger partial charge in [0.05, 0.1) is 21.8 Å². The van der Waals surface area contributed by atoms with E-state index in [0.29, 0.717) is 36.2 Å². The lowest BCUT2D eigenvalue weighted by molar-refractivity contribution is 0.0696. The summed E-state index contributed by atoms with van der Waals surface area (Å²) in [6.07, 6.45) is 2.54. The first-order valence-electron chi connectivity index (χ1n) is 12.9. The van der Waals surface area contributed by atoms with Crippen LogP contribution in [0.4, 0.5) is 4.39 Å². The molecule has 3 aromatic carbocycles. The third-order valence-corrected chi connectivity index (χ3v) is 7.35. The van der Waals surface area contributed by atoms with Gasteiger partial charge in [0, 0.05) is 36.2 Å². The van der Waals surface area contributed by atoms with Crippen molar-refractivity contribution < 1.29 is 19.1 Å². The van der Waals surface area contributed by atoms with E-state index < -0.39 is 5.97 Å². The SMILES string of the molecule is Cc1ccc2c(c1)c(C(=O)O)c1n2CC(NC(=O)c2ccc(-n3cnn(C)c3=O)cc2Cl)CC1.Fc1ccccc1. The number of carbonyl (C=O) groups is 2. The molecule has 1 atom stereocenters. The van der Waals surface area contributed by atoms with Crippen LogP contribution in [0.3, 0.4) is 0 Å². The minimum Gasteiger partial charge on any atom is -0.478 e. The topological polar surface area (TPSA) is 111 Å². The number of hydrogen-bond donors (Lipinski definition) is 2. The first kappa shape index (κ1) is 27.9. The normalized spacial score (nSPS) is 14.2. The summed E-state index contributed by atoms with van der Waals surface area (Å²) < 4.78 is 16.4. The zero-order valence-electron chi connectivity index (χ0n) is 22.3. The Bertz CT molecular complexity index is 1830. The van der Waals surface area contributed by atoms with Crippen LogP contribution in [-0.4, -0.2) is 41.9 Å². The number of nitrogens with zero attached hydrogens (tertiary/aromatic N) is 4. The van der Waals surface area contributed by atoms with Crippen LogP contribution in [0.5, 0.6) is 0 Å². The van der Waals surface area contributed by atoms with E-state index in [4.69, 9.17) is 11.6 Å². The molecule has 2 aromatic heterocycles. The number of aromatic carboxylic acids is 1. The molecule has 11 heteroatoms. The summed E-state index contributed by atoms with van der Waals surface area (Å²) in [5.74, 6) is -1.44. The second kappa shape index (κ2) is 11.4. The highest BCUT2D eigenvalue weighted by molar-refractivity contribution is 6.34. The molecule has 0 bridgehead atoms. The van der Waals surface area contributed by atoms with Gasteiger partial charge in [-0.3, -0.25) is 4.79 Å². The summed E-state index contributed by atoms with van der Waals surface area (Å²) >= 11 is 6.39. The summed E-state index contributed by atoms with van der Waals surface area (Å²) in [6, 6.07) is 18.3. The van der Waals surface area contributed by atoms with Gasteiger partial charge in [-0.2, -0.15) is 5.10 Å². The molecule has 0 saturated carbocycles. The lowest BCUT2D eigenvalue weighted by Crippen LogP contribution is -2.41. The predicted molar refractivity (Wildman–Crippen MR) is 153 cm³/mol. The Balaban J connectivity index is 0.000000423. The van der Waals surface area contributed by atoms with Gasteiger partial charge in [-0.05, 0) is 62.2 Å². The van der Waals surface area contributed by atoms with Crippen molar-refractivity contribution in [3.63, 3.8) is 0 Å². The fraction of sp³-hybridized carbons (Fsp3) is 0.200. The van der Waals surface area contributed by atoms with Crippen molar-refractivity contribution in [2.75, 3.05) is 0 Å². The molecule has 210 valence electrons. The minimum absolute atomic E-state index is 0.178. The molecular weight excluding hydrogens is 549 g/mol. The van der Waals surface area contributed by atoms with Gasteiger partial charge in [0.1, 0.15) is 12.1 Å². The highest BCUT2D eigenvalue weighted by atomic mass is 35.5. The monoisotopic (exact) mass is 575 g/mol. The zero-order chi connectivity index (χ0) is 29.3. The quantitative estimate of drug-likeness (QED) is 0.321. The maximum absolute atomic E-state index is 13.0. The van der Waals surface area contributed by atoms with Crippen molar-refractivity contribution >= 4 is 34.4 Å². The number of nitrogens with one attached hydrogen (secondary N) is 1. The van der Waals surface area contributed by atoms with E-state index in [9.17, 15) is 23.9 Å². The summed E-state index contributed by atoms with van der Waals surface area (Å²) in [6.45, 7) is 2.40. The molecule has 0 fully saturated rings. The number of halogens is 2. The molecule has 5 aromatic rings. The van der Waals surface area contributed by atoms with E-state index in [2.05, 4.69) is 10.4 Å². The summed E-state index contributed by atoms with van der Waals surface area (Å²) in [4.78, 5) is 37.1. The Hall–Kier alpha value is -4.70. The number of hydrogen-bond acceptors (Lipinski definition) is 4. The highest BCUT2D eigenvalue weighted by Gasteiger charge is 2.29. The largest absolute Gasteiger partial charge is 0.478 e. The van der Waals surface area contributed by atoms with Crippen LogP contribution < -0.4 is 11.0 Å². The van der Waals surface area contributed by atoms with Crippen molar-refractivity contribution in [3.05, 3.63) is 117 Å². The van der Waals surface area contributed by atoms with Crippen LogP contribution in [0, 0.1) is 12.7 Å². The Morgan fingerprint density at radius 2 is 1.85 bits per heavy atom. The average Bonchev–Trinajstić information content (AvgIpc) is 3.44. The molecule has 6 rings (SSSR count). The molecule has 9 nitrogen and oxygen atoms in total. The lowest BCUT2D eigenvalue weighted by atomic mass is 10.0. The second-order valence-electron chi connectivity index (χ2n) is 9.83. The number of amides is 1. The van der Waals surface area contributed by atoms with Crippen LogP contribution in [0.2, 0.25) is 5.02 Å². The number of aromatic nitrogens is 4. The van der Waals surface area contributed by atoms with Gasteiger partial charge in [0.15, 0.2) is 0 Å². The number of fused-ring (bicyclic) bond motifs is 3. The Morgan fingerprint density at radius 1 is 1.10 bits per heavy atom. The molecule has 2 N–H and O–H groups in total. The minimum atomic E-state index is -0.938. The van der Waals surface area contributed by atoms with Crippen LogP contribution >= 0.6 is 11.6 Å². The molecule has 41 heavy (non-hydrogen) atoms. The maximum Gasteiger partial charge on any atom is 0.350 e. The number of aryl methyl sites for hydroxylation is 2. The number of carboxylic acid groups (broad SMARTS) is 1. The molecular formula is C30H27ClFN5O4. The van der Waals surface area contributed by atoms with Crippen LogP contribution in [-0.2, 0) is 20.0 Å². The number of rotatable bonds is 4. The van der Waals surface area contributed by atoms with Gasteiger partial charge in [-0.1, -0.05) is 41.4 Å². The summed E-state index contributed by atoms with van der Waals surface area (Å²) in [5.41, 5.74) is 3.46. The fourth-order valence-electron chi connectivity index (χ4n) is 5.05. The smallest absolute Gasteiger partial charge is 0.350 e. The number of benzene rings is 3. The lowest BCUT2D eigenvalue weighted by Gasteiger charge is -2.27. The number of carbonyl (C=O) groups excluding carboxylic acids is 1. The van der Waals surface area contributed by atoms with Gasteiger partial charge in [0.2, 0.25) is 0 Å². The molecule has 3 heterocycles. The summed E-state index contributed by atoms with van der Waals surface area (Å²) in [5, 5.41) is 17.7. The molecule has 0 radical (unpaired) electrons. The first-order chi connectivity index (χ1) is 19.6. The van der Waals surface area contributed by atoms with Crippen molar-refractivity contribution in [2.24, 2.45) is 7.05 Å². The Morgan fingerprint density at radius 3 is 2.46 bits per heavy atom. The Kier molecular flexibility index (Phi) is 7.76. The molecule has 0 spiro atoms. The molecule has 0 aliphatic carbocycles. The molecule has 1 amide bonds. The standard InChI is InChI=1S/C24H22ClN5O4.C6H5F/c1-13-3-7-19-17(9-13)21(23(32)33)20-8-4-14(11-29(19)20)27-22(31)16-6-5-15(10-18(16)25)30-12-26-28(2)24(30)34;7-6-4-2-1-3-5-6/h3,5-7,9-10,12,14H,4,8,11H2,1-2H3,(H,27,31)(H,32,33);1-5H. The van der Waals surface area contributed by atoms with Crippen LogP contribution in [0.15, 0.2) is 77.9 Å². The Labute approximate surface area is 239 Å². The van der Waals surface area contributed by atoms with Crippen molar-refractivity contribution in [1.82, 2.24) is 24.2 Å². The number of carboxylic acids is 1.